The highest BCUT2D eigenvalue weighted by molar-refractivity contribution is 7.92. The van der Waals surface area contributed by atoms with E-state index in [-0.39, 0.29) is 17.2 Å². The number of carbonyl (C=O) groups excluding carboxylic acids is 1. The van der Waals surface area contributed by atoms with E-state index in [2.05, 4.69) is 9.71 Å². The lowest BCUT2D eigenvalue weighted by Crippen LogP contribution is -2.15. The summed E-state index contributed by atoms with van der Waals surface area (Å²) in [6.07, 6.45) is 2.82. The number of carbonyl (C=O) groups is 1. The molecule has 1 aromatic heterocycles. The highest BCUT2D eigenvalue weighted by Crippen LogP contribution is 2.19. The molecule has 0 amide bonds. The molecule has 1 N–H and O–H groups in total. The molecule has 8 heteroatoms. The number of sulfonamides is 1. The van der Waals surface area contributed by atoms with Gasteiger partial charge < -0.3 is 4.74 Å². The van der Waals surface area contributed by atoms with Crippen molar-refractivity contribution in [2.45, 2.75) is 11.8 Å². The number of halogens is 1. The minimum atomic E-state index is -3.97. The third kappa shape index (κ3) is 3.59. The molecule has 116 valence electrons. The fourth-order valence-corrected chi connectivity index (χ4v) is 2.74. The van der Waals surface area contributed by atoms with Crippen molar-refractivity contribution in [1.82, 2.24) is 4.98 Å². The maximum atomic E-state index is 13.6. The van der Waals surface area contributed by atoms with E-state index >= 15 is 0 Å². The van der Waals surface area contributed by atoms with Crippen LogP contribution < -0.4 is 4.72 Å². The summed E-state index contributed by atoms with van der Waals surface area (Å²) in [6, 6.07) is 5.99. The zero-order valence-corrected chi connectivity index (χ0v) is 12.4. The third-order valence-corrected chi connectivity index (χ3v) is 4.04. The molecule has 1 aromatic carbocycles. The van der Waals surface area contributed by atoms with Gasteiger partial charge in [0.2, 0.25) is 0 Å². The van der Waals surface area contributed by atoms with Crippen molar-refractivity contribution in [3.8, 4) is 0 Å². The maximum absolute atomic E-state index is 13.6. The molecular weight excluding hydrogens is 311 g/mol. The average molecular weight is 324 g/mol. The van der Waals surface area contributed by atoms with Crippen molar-refractivity contribution >= 4 is 21.7 Å². The molecule has 0 fully saturated rings. The van der Waals surface area contributed by atoms with E-state index in [1.54, 1.807) is 13.0 Å². The second kappa shape index (κ2) is 6.52. The Balaban J connectivity index is 2.35. The number of rotatable bonds is 5. The summed E-state index contributed by atoms with van der Waals surface area (Å²) in [6.45, 7) is 1.63. The van der Waals surface area contributed by atoms with Gasteiger partial charge in [0.05, 0.1) is 29.0 Å². The molecule has 0 unspecified atom stereocenters. The zero-order chi connectivity index (χ0) is 16.2. The number of pyridine rings is 1. The van der Waals surface area contributed by atoms with Crippen LogP contribution in [-0.4, -0.2) is 26.0 Å². The highest BCUT2D eigenvalue weighted by Gasteiger charge is 2.20. The third-order valence-electron chi connectivity index (χ3n) is 2.66. The molecule has 0 saturated carbocycles. The number of anilines is 1. The number of esters is 1. The van der Waals surface area contributed by atoms with E-state index in [9.17, 15) is 17.6 Å². The molecular formula is C14H13FN2O4S. The van der Waals surface area contributed by atoms with E-state index in [4.69, 9.17) is 4.74 Å². The van der Waals surface area contributed by atoms with E-state index in [0.29, 0.717) is 0 Å². The smallest absolute Gasteiger partial charge is 0.341 e. The minimum absolute atomic E-state index is 0.0587. The van der Waals surface area contributed by atoms with E-state index in [1.165, 1.54) is 18.5 Å². The monoisotopic (exact) mass is 324 g/mol. The van der Waals surface area contributed by atoms with Crippen LogP contribution in [-0.2, 0) is 14.8 Å². The number of aromatic nitrogens is 1. The predicted octanol–water partition coefficient (Wildman–Crippen LogP) is 2.20. The van der Waals surface area contributed by atoms with Crippen LogP contribution in [0.1, 0.15) is 17.3 Å². The first-order chi connectivity index (χ1) is 10.4. The fourth-order valence-electron chi connectivity index (χ4n) is 1.67. The van der Waals surface area contributed by atoms with Gasteiger partial charge >= 0.3 is 5.97 Å². The van der Waals surface area contributed by atoms with Gasteiger partial charge in [-0.25, -0.2) is 17.6 Å². The summed E-state index contributed by atoms with van der Waals surface area (Å²) < 4.78 is 45.1. The summed E-state index contributed by atoms with van der Waals surface area (Å²) in [4.78, 5) is 15.2. The van der Waals surface area contributed by atoms with Crippen molar-refractivity contribution in [2.75, 3.05) is 11.3 Å². The van der Waals surface area contributed by atoms with Gasteiger partial charge in [0.25, 0.3) is 10.0 Å². The van der Waals surface area contributed by atoms with Crippen LogP contribution in [0, 0.1) is 5.82 Å². The van der Waals surface area contributed by atoms with Crippen LogP contribution in [0.4, 0.5) is 10.1 Å². The summed E-state index contributed by atoms with van der Waals surface area (Å²) in [5.74, 6) is -1.77. The largest absolute Gasteiger partial charge is 0.462 e. The molecule has 0 aliphatic heterocycles. The molecule has 0 aliphatic rings. The van der Waals surface area contributed by atoms with Crippen molar-refractivity contribution in [2.24, 2.45) is 0 Å². The molecule has 0 spiro atoms. The first-order valence-electron chi connectivity index (χ1n) is 6.33. The molecule has 0 saturated heterocycles. The van der Waals surface area contributed by atoms with Gasteiger partial charge in [0, 0.05) is 6.20 Å². The van der Waals surface area contributed by atoms with Crippen LogP contribution in [0.25, 0.3) is 0 Å². The van der Waals surface area contributed by atoms with Crippen molar-refractivity contribution in [3.63, 3.8) is 0 Å². The molecule has 22 heavy (non-hydrogen) atoms. The summed E-state index contributed by atoms with van der Waals surface area (Å²) in [5, 5.41) is 0. The molecule has 2 aromatic rings. The van der Waals surface area contributed by atoms with E-state index < -0.39 is 27.4 Å². The Kier molecular flexibility index (Phi) is 4.71. The van der Waals surface area contributed by atoms with E-state index in [1.807, 2.05) is 0 Å². The topological polar surface area (TPSA) is 85.4 Å². The highest BCUT2D eigenvalue weighted by atomic mass is 32.2. The fraction of sp³-hybridized carbons (Fsp3) is 0.143. The lowest BCUT2D eigenvalue weighted by Gasteiger charge is -2.09. The van der Waals surface area contributed by atoms with Crippen molar-refractivity contribution in [3.05, 3.63) is 54.1 Å². The SMILES string of the molecule is CCOC(=O)c1cc(S(=O)(=O)Nc2cccnc2)ccc1F. The van der Waals surface area contributed by atoms with Gasteiger partial charge in [-0.15, -0.1) is 0 Å². The van der Waals surface area contributed by atoms with Gasteiger partial charge in [-0.05, 0) is 37.3 Å². The first kappa shape index (κ1) is 15.9. The van der Waals surface area contributed by atoms with Crippen LogP contribution in [0.3, 0.4) is 0 Å². The van der Waals surface area contributed by atoms with Gasteiger partial charge in [0.1, 0.15) is 5.82 Å². The van der Waals surface area contributed by atoms with Crippen molar-refractivity contribution < 1.29 is 22.3 Å². The van der Waals surface area contributed by atoms with Crippen LogP contribution in [0.2, 0.25) is 0 Å². The number of nitrogens with zero attached hydrogens (tertiary/aromatic N) is 1. The number of benzene rings is 1. The Hall–Kier alpha value is -2.48. The maximum Gasteiger partial charge on any atom is 0.341 e. The summed E-state index contributed by atoms with van der Waals surface area (Å²) in [5.41, 5.74) is -0.180. The molecule has 1 heterocycles. The second-order valence-corrected chi connectivity index (χ2v) is 5.89. The first-order valence-corrected chi connectivity index (χ1v) is 7.82. The average Bonchev–Trinajstić information content (AvgIpc) is 2.48. The summed E-state index contributed by atoms with van der Waals surface area (Å²) in [7, 11) is -3.97. The van der Waals surface area contributed by atoms with Gasteiger partial charge in [-0.1, -0.05) is 0 Å². The quantitative estimate of drug-likeness (QED) is 0.852. The zero-order valence-electron chi connectivity index (χ0n) is 11.6. The van der Waals surface area contributed by atoms with Gasteiger partial charge in [0.15, 0.2) is 0 Å². The molecule has 2 rings (SSSR count). The van der Waals surface area contributed by atoms with Crippen LogP contribution in [0.5, 0.6) is 0 Å². The minimum Gasteiger partial charge on any atom is -0.462 e. The normalized spacial score (nSPS) is 11.0. The second-order valence-electron chi connectivity index (χ2n) is 4.21. The Morgan fingerprint density at radius 2 is 2.14 bits per heavy atom. The standard InChI is InChI=1S/C14H13FN2O4S/c1-2-21-14(18)12-8-11(5-6-13(12)15)22(19,20)17-10-4-3-7-16-9-10/h3-9,17H,2H2,1H3. The number of nitrogens with one attached hydrogen (secondary N) is 1. The molecule has 0 bridgehead atoms. The predicted molar refractivity (Wildman–Crippen MR) is 77.4 cm³/mol. The Labute approximate surface area is 127 Å². The van der Waals surface area contributed by atoms with Crippen LogP contribution >= 0.6 is 0 Å². The number of hydrogen-bond donors (Lipinski definition) is 1. The van der Waals surface area contributed by atoms with Gasteiger partial charge in [-0.3, -0.25) is 9.71 Å². The summed E-state index contributed by atoms with van der Waals surface area (Å²) >= 11 is 0. The lowest BCUT2D eigenvalue weighted by molar-refractivity contribution is 0.0520. The Bertz CT molecular complexity index is 779. The van der Waals surface area contributed by atoms with Crippen molar-refractivity contribution in [1.29, 1.82) is 0 Å². The Morgan fingerprint density at radius 1 is 1.36 bits per heavy atom. The molecule has 0 radical (unpaired) electrons. The van der Waals surface area contributed by atoms with Crippen LogP contribution in [0.15, 0.2) is 47.6 Å². The number of hydrogen-bond acceptors (Lipinski definition) is 5. The Morgan fingerprint density at radius 3 is 2.77 bits per heavy atom. The number of ether oxygens (including phenoxy) is 1. The molecule has 0 atom stereocenters. The lowest BCUT2D eigenvalue weighted by atomic mass is 10.2. The van der Waals surface area contributed by atoms with E-state index in [0.717, 1.165) is 18.2 Å². The van der Waals surface area contributed by atoms with Gasteiger partial charge in [-0.2, -0.15) is 0 Å². The molecule has 0 aliphatic carbocycles. The molecule has 6 nitrogen and oxygen atoms in total.